The summed E-state index contributed by atoms with van der Waals surface area (Å²) in [7, 11) is 0. The monoisotopic (exact) mass is 355 g/mol. The molecule has 0 fully saturated rings. The van der Waals surface area contributed by atoms with Gasteiger partial charge in [-0.05, 0) is 55.7 Å². The molecule has 0 amide bonds. The van der Waals surface area contributed by atoms with Crippen molar-refractivity contribution in [2.75, 3.05) is 6.54 Å². The van der Waals surface area contributed by atoms with Gasteiger partial charge in [0.15, 0.2) is 5.78 Å². The van der Waals surface area contributed by atoms with Crippen molar-refractivity contribution in [3.8, 4) is 0 Å². The second kappa shape index (κ2) is 9.29. The Balaban J connectivity index is 1.82. The van der Waals surface area contributed by atoms with Gasteiger partial charge in [0.25, 0.3) is 0 Å². The summed E-state index contributed by atoms with van der Waals surface area (Å²) < 4.78 is 0. The molecule has 1 aromatic carbocycles. The lowest BCUT2D eigenvalue weighted by molar-refractivity contribution is -0.114. The van der Waals surface area contributed by atoms with Crippen molar-refractivity contribution in [1.82, 2.24) is 5.32 Å². The Labute approximate surface area is 158 Å². The van der Waals surface area contributed by atoms with Crippen molar-refractivity contribution in [3.63, 3.8) is 0 Å². The van der Waals surface area contributed by atoms with E-state index in [4.69, 9.17) is 0 Å². The first kappa shape index (κ1) is 20.6. The van der Waals surface area contributed by atoms with Crippen LogP contribution in [0.2, 0.25) is 0 Å². The smallest absolute Gasteiger partial charge is 0.156 e. The molecule has 0 saturated heterocycles. The van der Waals surface area contributed by atoms with Gasteiger partial charge in [0, 0.05) is 19.0 Å². The topological polar surface area (TPSA) is 49.3 Å². The molecule has 3 nitrogen and oxygen atoms in total. The number of rotatable bonds is 8. The maximum absolute atomic E-state index is 12.2. The molecular formula is C23H33NO2. The number of benzene rings is 1. The van der Waals surface area contributed by atoms with E-state index in [9.17, 15) is 9.90 Å². The number of carbonyl (C=O) groups excluding carboxylic acids is 1. The van der Waals surface area contributed by atoms with Crippen molar-refractivity contribution >= 4 is 5.78 Å². The summed E-state index contributed by atoms with van der Waals surface area (Å²) in [5.74, 6) is 0.126. The number of aliphatic hydroxyl groups is 1. The molecule has 1 aliphatic carbocycles. The summed E-state index contributed by atoms with van der Waals surface area (Å²) in [5, 5.41) is 13.6. The van der Waals surface area contributed by atoms with Gasteiger partial charge in [-0.3, -0.25) is 4.79 Å². The molecule has 2 atom stereocenters. The highest BCUT2D eigenvalue weighted by Gasteiger charge is 2.26. The second-order valence-corrected chi connectivity index (χ2v) is 8.08. The Morgan fingerprint density at radius 1 is 1.31 bits per heavy atom. The van der Waals surface area contributed by atoms with E-state index in [1.807, 2.05) is 43.3 Å². The van der Waals surface area contributed by atoms with Crippen LogP contribution in [0.4, 0.5) is 0 Å². The van der Waals surface area contributed by atoms with E-state index in [-0.39, 0.29) is 17.2 Å². The third-order valence-corrected chi connectivity index (χ3v) is 5.43. The predicted molar refractivity (Wildman–Crippen MR) is 108 cm³/mol. The van der Waals surface area contributed by atoms with Gasteiger partial charge >= 0.3 is 0 Å². The average molecular weight is 356 g/mol. The van der Waals surface area contributed by atoms with Gasteiger partial charge in [-0.2, -0.15) is 0 Å². The summed E-state index contributed by atoms with van der Waals surface area (Å²) in [6.07, 6.45) is 7.16. The van der Waals surface area contributed by atoms with Crippen LogP contribution in [0, 0.1) is 5.41 Å². The van der Waals surface area contributed by atoms with Crippen LogP contribution in [0.25, 0.3) is 0 Å². The van der Waals surface area contributed by atoms with Crippen LogP contribution in [0.3, 0.4) is 0 Å². The maximum Gasteiger partial charge on any atom is 0.156 e. The zero-order chi connectivity index (χ0) is 19.2. The number of nitrogens with one attached hydrogen (secondary N) is 1. The van der Waals surface area contributed by atoms with Crippen LogP contribution in [-0.2, 0) is 4.79 Å². The predicted octanol–water partition coefficient (Wildman–Crippen LogP) is 4.74. The Morgan fingerprint density at radius 2 is 2.00 bits per heavy atom. The highest BCUT2D eigenvalue weighted by atomic mass is 16.3. The molecule has 2 N–H and O–H groups in total. The molecule has 1 aromatic rings. The summed E-state index contributed by atoms with van der Waals surface area (Å²) in [4.78, 5) is 12.2. The molecule has 26 heavy (non-hydrogen) atoms. The quantitative estimate of drug-likeness (QED) is 0.662. The minimum absolute atomic E-state index is 0.101. The fourth-order valence-corrected chi connectivity index (χ4v) is 3.74. The molecule has 0 heterocycles. The van der Waals surface area contributed by atoms with Crippen LogP contribution in [0.1, 0.15) is 65.0 Å². The highest BCUT2D eigenvalue weighted by Crippen LogP contribution is 2.40. The van der Waals surface area contributed by atoms with Gasteiger partial charge in [0.1, 0.15) is 0 Å². The molecular weight excluding hydrogens is 322 g/mol. The zero-order valence-corrected chi connectivity index (χ0v) is 16.6. The van der Waals surface area contributed by atoms with Crippen molar-refractivity contribution in [2.45, 2.75) is 65.5 Å². The molecule has 0 bridgehead atoms. The first-order valence-corrected chi connectivity index (χ1v) is 9.69. The molecule has 0 saturated carbocycles. The van der Waals surface area contributed by atoms with Crippen LogP contribution < -0.4 is 5.32 Å². The molecule has 0 aliphatic heterocycles. The molecule has 2 unspecified atom stereocenters. The van der Waals surface area contributed by atoms with E-state index >= 15 is 0 Å². The van der Waals surface area contributed by atoms with E-state index in [1.54, 1.807) is 6.08 Å². The SMILES string of the molecule is CC1=C(/C=C/C(=O)CCNC(C)C(O)c2ccccc2)C(C)(C)CCC1. The lowest BCUT2D eigenvalue weighted by Crippen LogP contribution is -2.33. The van der Waals surface area contributed by atoms with E-state index < -0.39 is 6.10 Å². The summed E-state index contributed by atoms with van der Waals surface area (Å²) >= 11 is 0. The van der Waals surface area contributed by atoms with Gasteiger partial charge < -0.3 is 10.4 Å². The van der Waals surface area contributed by atoms with Crippen molar-refractivity contribution in [1.29, 1.82) is 0 Å². The van der Waals surface area contributed by atoms with Gasteiger partial charge in [-0.1, -0.05) is 55.8 Å². The lowest BCUT2D eigenvalue weighted by atomic mass is 9.72. The largest absolute Gasteiger partial charge is 0.387 e. The number of hydrogen-bond donors (Lipinski definition) is 2. The average Bonchev–Trinajstić information content (AvgIpc) is 2.60. The minimum Gasteiger partial charge on any atom is -0.387 e. The number of allylic oxidation sites excluding steroid dienone is 4. The summed E-state index contributed by atoms with van der Waals surface area (Å²) in [6, 6.07) is 9.50. The summed E-state index contributed by atoms with van der Waals surface area (Å²) in [6.45, 7) is 9.20. The van der Waals surface area contributed by atoms with Gasteiger partial charge in [0.05, 0.1) is 6.10 Å². The maximum atomic E-state index is 12.2. The fraction of sp³-hybridized carbons (Fsp3) is 0.522. The van der Waals surface area contributed by atoms with E-state index in [0.29, 0.717) is 13.0 Å². The molecule has 3 heteroatoms. The Bertz CT molecular complexity index is 658. The third kappa shape index (κ3) is 5.65. The number of aliphatic hydroxyl groups excluding tert-OH is 1. The number of ketones is 1. The Hall–Kier alpha value is -1.71. The molecule has 2 rings (SSSR count). The fourth-order valence-electron chi connectivity index (χ4n) is 3.74. The van der Waals surface area contributed by atoms with Crippen LogP contribution >= 0.6 is 0 Å². The molecule has 1 aliphatic rings. The van der Waals surface area contributed by atoms with Crippen LogP contribution in [0.5, 0.6) is 0 Å². The molecule has 0 aromatic heterocycles. The third-order valence-electron chi connectivity index (χ3n) is 5.43. The van der Waals surface area contributed by atoms with Gasteiger partial charge in [-0.25, -0.2) is 0 Å². The number of carbonyl (C=O) groups is 1. The van der Waals surface area contributed by atoms with Crippen LogP contribution in [-0.4, -0.2) is 23.5 Å². The van der Waals surface area contributed by atoms with Crippen molar-refractivity contribution in [2.24, 2.45) is 5.41 Å². The number of hydrogen-bond acceptors (Lipinski definition) is 3. The standard InChI is InChI=1S/C23H33NO2/c1-17-9-8-15-23(3,4)21(17)13-12-20(25)14-16-24-18(2)22(26)19-10-6-5-7-11-19/h5-7,10-13,18,22,24,26H,8-9,14-16H2,1-4H3/b13-12+. The zero-order valence-electron chi connectivity index (χ0n) is 16.6. The first-order valence-electron chi connectivity index (χ1n) is 9.69. The second-order valence-electron chi connectivity index (χ2n) is 8.08. The molecule has 142 valence electrons. The van der Waals surface area contributed by atoms with E-state index in [0.717, 1.165) is 12.0 Å². The van der Waals surface area contributed by atoms with Crippen LogP contribution in [0.15, 0.2) is 53.6 Å². The molecule has 0 radical (unpaired) electrons. The van der Waals surface area contributed by atoms with Gasteiger partial charge in [-0.15, -0.1) is 0 Å². The van der Waals surface area contributed by atoms with Gasteiger partial charge in [0.2, 0.25) is 0 Å². The lowest BCUT2D eigenvalue weighted by Gasteiger charge is -2.32. The van der Waals surface area contributed by atoms with E-state index in [1.165, 1.54) is 24.0 Å². The van der Waals surface area contributed by atoms with E-state index in [2.05, 4.69) is 26.1 Å². The highest BCUT2D eigenvalue weighted by molar-refractivity contribution is 5.90. The van der Waals surface area contributed by atoms with Crippen molar-refractivity contribution < 1.29 is 9.90 Å². The molecule has 0 spiro atoms. The Kier molecular flexibility index (Phi) is 7.36. The summed E-state index contributed by atoms with van der Waals surface area (Å²) in [5.41, 5.74) is 3.77. The Morgan fingerprint density at radius 3 is 2.65 bits per heavy atom. The minimum atomic E-state index is -0.572. The van der Waals surface area contributed by atoms with Crippen molar-refractivity contribution in [3.05, 3.63) is 59.2 Å². The normalized spacial score (nSPS) is 19.6. The first-order chi connectivity index (χ1) is 12.3.